The number of nitrogen functional groups attached to an aromatic ring is 1. The van der Waals surface area contributed by atoms with E-state index in [-0.39, 0.29) is 17.9 Å². The molecule has 0 fully saturated rings. The molecule has 1 aromatic rings. The first-order valence-corrected chi connectivity index (χ1v) is 7.66. The predicted octanol–water partition coefficient (Wildman–Crippen LogP) is 2.94. The van der Waals surface area contributed by atoms with Crippen molar-refractivity contribution in [2.24, 2.45) is 5.92 Å². The highest BCUT2D eigenvalue weighted by molar-refractivity contribution is 5.77. The summed E-state index contributed by atoms with van der Waals surface area (Å²) in [4.78, 5) is 12.2. The maximum Gasteiger partial charge on any atom is 0.220 e. The second-order valence-electron chi connectivity index (χ2n) is 5.85. The molecule has 0 radical (unpaired) electrons. The number of benzene rings is 1. The fourth-order valence-corrected chi connectivity index (χ4v) is 2.13. The molecule has 0 saturated carbocycles. The van der Waals surface area contributed by atoms with Gasteiger partial charge >= 0.3 is 0 Å². The van der Waals surface area contributed by atoms with Gasteiger partial charge in [-0.05, 0) is 36.5 Å². The SMILES string of the molecule is CCOCC(NC(=O)CC(C)c1ccc(N)cc1)C(C)C. The van der Waals surface area contributed by atoms with Crippen LogP contribution in [-0.4, -0.2) is 25.2 Å². The third kappa shape index (κ3) is 6.17. The molecule has 2 atom stereocenters. The van der Waals surface area contributed by atoms with Crippen LogP contribution in [0, 0.1) is 5.92 Å². The van der Waals surface area contributed by atoms with Crippen LogP contribution in [0.25, 0.3) is 0 Å². The smallest absolute Gasteiger partial charge is 0.220 e. The second kappa shape index (κ2) is 8.67. The van der Waals surface area contributed by atoms with E-state index >= 15 is 0 Å². The van der Waals surface area contributed by atoms with Crippen molar-refractivity contribution in [3.05, 3.63) is 29.8 Å². The van der Waals surface area contributed by atoms with E-state index in [4.69, 9.17) is 10.5 Å². The van der Waals surface area contributed by atoms with Gasteiger partial charge in [0.25, 0.3) is 0 Å². The maximum absolute atomic E-state index is 12.2. The lowest BCUT2D eigenvalue weighted by molar-refractivity contribution is -0.123. The summed E-state index contributed by atoms with van der Waals surface area (Å²) in [5.74, 6) is 0.593. The fraction of sp³-hybridized carbons (Fsp3) is 0.588. The van der Waals surface area contributed by atoms with E-state index < -0.39 is 0 Å². The van der Waals surface area contributed by atoms with Gasteiger partial charge in [0.2, 0.25) is 5.91 Å². The molecule has 0 bridgehead atoms. The quantitative estimate of drug-likeness (QED) is 0.724. The van der Waals surface area contributed by atoms with E-state index in [1.807, 2.05) is 31.2 Å². The number of amides is 1. The fourth-order valence-electron chi connectivity index (χ4n) is 2.13. The van der Waals surface area contributed by atoms with Crippen molar-refractivity contribution in [1.29, 1.82) is 0 Å². The van der Waals surface area contributed by atoms with Gasteiger partial charge in [0.1, 0.15) is 0 Å². The minimum atomic E-state index is 0.0658. The van der Waals surface area contributed by atoms with Crippen LogP contribution in [0.5, 0.6) is 0 Å². The zero-order valence-corrected chi connectivity index (χ0v) is 13.6. The van der Waals surface area contributed by atoms with Gasteiger partial charge in [-0.25, -0.2) is 0 Å². The average molecular weight is 292 g/mol. The van der Waals surface area contributed by atoms with E-state index in [0.29, 0.717) is 25.6 Å². The Bertz CT molecular complexity index is 429. The number of carbonyl (C=O) groups excluding carboxylic acids is 1. The number of nitrogens with one attached hydrogen (secondary N) is 1. The van der Waals surface area contributed by atoms with Crippen molar-refractivity contribution < 1.29 is 9.53 Å². The van der Waals surface area contributed by atoms with Crippen molar-refractivity contribution in [1.82, 2.24) is 5.32 Å². The van der Waals surface area contributed by atoms with Crippen LogP contribution in [0.3, 0.4) is 0 Å². The summed E-state index contributed by atoms with van der Waals surface area (Å²) in [5, 5.41) is 3.07. The zero-order chi connectivity index (χ0) is 15.8. The molecule has 0 aliphatic rings. The predicted molar refractivity (Wildman–Crippen MR) is 87.1 cm³/mol. The van der Waals surface area contributed by atoms with Crippen molar-refractivity contribution in [2.45, 2.75) is 46.1 Å². The second-order valence-corrected chi connectivity index (χ2v) is 5.85. The van der Waals surface area contributed by atoms with Gasteiger partial charge in [0, 0.05) is 18.7 Å². The summed E-state index contributed by atoms with van der Waals surface area (Å²) in [6.07, 6.45) is 0.471. The maximum atomic E-state index is 12.2. The standard InChI is InChI=1S/C17H28N2O2/c1-5-21-11-16(12(2)3)19-17(20)10-13(4)14-6-8-15(18)9-7-14/h6-9,12-13,16H,5,10-11,18H2,1-4H3,(H,19,20). The third-order valence-corrected chi connectivity index (χ3v) is 3.65. The number of anilines is 1. The molecule has 4 nitrogen and oxygen atoms in total. The van der Waals surface area contributed by atoms with Gasteiger partial charge in [-0.1, -0.05) is 32.9 Å². The third-order valence-electron chi connectivity index (χ3n) is 3.65. The molecule has 0 aliphatic carbocycles. The van der Waals surface area contributed by atoms with Crippen LogP contribution >= 0.6 is 0 Å². The Labute approximate surface area is 128 Å². The van der Waals surface area contributed by atoms with Crippen molar-refractivity contribution in [2.75, 3.05) is 18.9 Å². The highest BCUT2D eigenvalue weighted by Crippen LogP contribution is 2.20. The van der Waals surface area contributed by atoms with E-state index in [2.05, 4.69) is 26.1 Å². The number of hydrogen-bond donors (Lipinski definition) is 2. The van der Waals surface area contributed by atoms with E-state index in [0.717, 1.165) is 11.3 Å². The van der Waals surface area contributed by atoms with Gasteiger partial charge in [0.05, 0.1) is 12.6 Å². The minimum Gasteiger partial charge on any atom is -0.399 e. The van der Waals surface area contributed by atoms with Crippen LogP contribution in [0.2, 0.25) is 0 Å². The number of ether oxygens (including phenoxy) is 1. The summed E-state index contributed by atoms with van der Waals surface area (Å²) in [5.41, 5.74) is 7.55. The van der Waals surface area contributed by atoms with Crippen LogP contribution in [-0.2, 0) is 9.53 Å². The molecule has 21 heavy (non-hydrogen) atoms. The molecule has 118 valence electrons. The van der Waals surface area contributed by atoms with E-state index in [1.165, 1.54) is 0 Å². The van der Waals surface area contributed by atoms with Gasteiger partial charge in [-0.15, -0.1) is 0 Å². The summed E-state index contributed by atoms with van der Waals surface area (Å²) in [6, 6.07) is 7.77. The summed E-state index contributed by atoms with van der Waals surface area (Å²) in [7, 11) is 0. The number of rotatable bonds is 8. The van der Waals surface area contributed by atoms with Crippen molar-refractivity contribution in [3.8, 4) is 0 Å². The Balaban J connectivity index is 2.52. The molecule has 0 saturated heterocycles. The van der Waals surface area contributed by atoms with E-state index in [9.17, 15) is 4.79 Å². The van der Waals surface area contributed by atoms with Crippen molar-refractivity contribution in [3.63, 3.8) is 0 Å². The molecule has 0 heterocycles. The molecule has 0 aliphatic heterocycles. The Morgan fingerprint density at radius 2 is 1.86 bits per heavy atom. The summed E-state index contributed by atoms with van der Waals surface area (Å²) < 4.78 is 5.43. The Kier molecular flexibility index (Phi) is 7.23. The average Bonchev–Trinajstić information content (AvgIpc) is 2.43. The minimum absolute atomic E-state index is 0.0658. The van der Waals surface area contributed by atoms with Gasteiger partial charge in [0.15, 0.2) is 0 Å². The monoisotopic (exact) mass is 292 g/mol. The number of nitrogens with two attached hydrogens (primary N) is 1. The van der Waals surface area contributed by atoms with Gasteiger partial charge in [-0.3, -0.25) is 4.79 Å². The highest BCUT2D eigenvalue weighted by Gasteiger charge is 2.18. The largest absolute Gasteiger partial charge is 0.399 e. The van der Waals surface area contributed by atoms with Gasteiger partial charge < -0.3 is 15.8 Å². The Hall–Kier alpha value is -1.55. The van der Waals surface area contributed by atoms with Crippen LogP contribution in [0.1, 0.15) is 45.6 Å². The molecular weight excluding hydrogens is 264 g/mol. The molecular formula is C17H28N2O2. The van der Waals surface area contributed by atoms with Crippen LogP contribution < -0.4 is 11.1 Å². The molecule has 0 spiro atoms. The normalized spacial score (nSPS) is 14.0. The molecule has 0 aromatic heterocycles. The molecule has 4 heteroatoms. The zero-order valence-electron chi connectivity index (χ0n) is 13.6. The molecule has 1 rings (SSSR count). The summed E-state index contributed by atoms with van der Waals surface area (Å²) in [6.45, 7) is 9.43. The number of carbonyl (C=O) groups is 1. The Morgan fingerprint density at radius 1 is 1.24 bits per heavy atom. The number of hydrogen-bond acceptors (Lipinski definition) is 3. The molecule has 3 N–H and O–H groups in total. The summed E-state index contributed by atoms with van der Waals surface area (Å²) >= 11 is 0. The lowest BCUT2D eigenvalue weighted by Crippen LogP contribution is -2.42. The molecule has 1 aromatic carbocycles. The van der Waals surface area contributed by atoms with E-state index in [1.54, 1.807) is 0 Å². The topological polar surface area (TPSA) is 64.3 Å². The lowest BCUT2D eigenvalue weighted by Gasteiger charge is -2.23. The lowest BCUT2D eigenvalue weighted by atomic mass is 9.96. The molecule has 1 amide bonds. The first kappa shape index (κ1) is 17.5. The van der Waals surface area contributed by atoms with Gasteiger partial charge in [-0.2, -0.15) is 0 Å². The van der Waals surface area contributed by atoms with Crippen LogP contribution in [0.15, 0.2) is 24.3 Å². The van der Waals surface area contributed by atoms with Crippen molar-refractivity contribution >= 4 is 11.6 Å². The van der Waals surface area contributed by atoms with Crippen LogP contribution in [0.4, 0.5) is 5.69 Å². The first-order valence-electron chi connectivity index (χ1n) is 7.66. The highest BCUT2D eigenvalue weighted by atomic mass is 16.5. The molecule has 2 unspecified atom stereocenters. The Morgan fingerprint density at radius 3 is 2.38 bits per heavy atom. The first-order chi connectivity index (χ1) is 9.93.